The van der Waals surface area contributed by atoms with Gasteiger partial charge in [0.05, 0.1) is 0 Å². The number of hydrogen-bond donors (Lipinski definition) is 1. The lowest BCUT2D eigenvalue weighted by molar-refractivity contribution is -0.131. The number of likely N-dealkylation sites (N-methyl/N-ethyl adjacent to an activating group) is 1. The fourth-order valence-electron chi connectivity index (χ4n) is 2.10. The van der Waals surface area contributed by atoms with Crippen molar-refractivity contribution in [1.82, 2.24) is 4.90 Å². The van der Waals surface area contributed by atoms with Crippen molar-refractivity contribution in [2.45, 2.75) is 19.5 Å². The number of nitrogens with two attached hydrogens (primary N) is 1. The number of aryl methyl sites for hydroxylation is 1. The lowest BCUT2D eigenvalue weighted by atomic mass is 10.0. The normalized spacial score (nSPS) is 12.0. The second kappa shape index (κ2) is 6.50. The molecule has 1 amide bonds. The van der Waals surface area contributed by atoms with Crippen LogP contribution in [0, 0.1) is 12.7 Å². The molecule has 2 aromatic rings. The van der Waals surface area contributed by atoms with Crippen LogP contribution in [0.5, 0.6) is 0 Å². The lowest BCUT2D eigenvalue weighted by Gasteiger charge is -2.21. The van der Waals surface area contributed by atoms with Crippen LogP contribution in [0.25, 0.3) is 0 Å². The molecule has 4 heteroatoms. The van der Waals surface area contributed by atoms with E-state index >= 15 is 0 Å². The van der Waals surface area contributed by atoms with Gasteiger partial charge in [-0.15, -0.1) is 0 Å². The highest BCUT2D eigenvalue weighted by Crippen LogP contribution is 2.15. The standard InChI is InChI=1S/C17H19FN2O/c1-12-3-7-14(8-4-12)16(19)17(21)20(2)11-13-5-9-15(18)10-6-13/h3-10,16H,11,19H2,1-2H3. The third-order valence-corrected chi connectivity index (χ3v) is 3.41. The average molecular weight is 286 g/mol. The molecular formula is C17H19FN2O. The first kappa shape index (κ1) is 15.2. The Morgan fingerprint density at radius 1 is 1.14 bits per heavy atom. The Morgan fingerprint density at radius 2 is 1.71 bits per heavy atom. The van der Waals surface area contributed by atoms with Gasteiger partial charge in [0.25, 0.3) is 0 Å². The van der Waals surface area contributed by atoms with Gasteiger partial charge in [0, 0.05) is 13.6 Å². The number of carbonyl (C=O) groups is 1. The van der Waals surface area contributed by atoms with E-state index in [4.69, 9.17) is 5.73 Å². The second-order valence-electron chi connectivity index (χ2n) is 5.21. The van der Waals surface area contributed by atoms with Gasteiger partial charge in [-0.05, 0) is 30.2 Å². The van der Waals surface area contributed by atoms with Crippen molar-refractivity contribution in [3.8, 4) is 0 Å². The van der Waals surface area contributed by atoms with Crippen molar-refractivity contribution >= 4 is 5.91 Å². The highest BCUT2D eigenvalue weighted by Gasteiger charge is 2.19. The van der Waals surface area contributed by atoms with Crippen LogP contribution < -0.4 is 5.73 Å². The van der Waals surface area contributed by atoms with Crippen LogP contribution in [0.15, 0.2) is 48.5 Å². The first-order chi connectivity index (χ1) is 9.97. The van der Waals surface area contributed by atoms with E-state index in [1.54, 1.807) is 24.1 Å². The molecule has 2 aromatic carbocycles. The van der Waals surface area contributed by atoms with Crippen molar-refractivity contribution in [3.05, 3.63) is 71.0 Å². The van der Waals surface area contributed by atoms with Crippen molar-refractivity contribution in [1.29, 1.82) is 0 Å². The van der Waals surface area contributed by atoms with E-state index in [1.807, 2.05) is 31.2 Å². The van der Waals surface area contributed by atoms with E-state index < -0.39 is 6.04 Å². The Balaban J connectivity index is 2.04. The molecule has 1 atom stereocenters. The van der Waals surface area contributed by atoms with Gasteiger partial charge in [0.1, 0.15) is 11.9 Å². The summed E-state index contributed by atoms with van der Waals surface area (Å²) in [6, 6.07) is 13.0. The number of amides is 1. The largest absolute Gasteiger partial charge is 0.340 e. The Morgan fingerprint density at radius 3 is 2.29 bits per heavy atom. The maximum Gasteiger partial charge on any atom is 0.244 e. The monoisotopic (exact) mass is 286 g/mol. The maximum absolute atomic E-state index is 12.9. The number of benzene rings is 2. The zero-order valence-electron chi connectivity index (χ0n) is 12.2. The molecule has 2 N–H and O–H groups in total. The van der Waals surface area contributed by atoms with Gasteiger partial charge in [-0.3, -0.25) is 4.79 Å². The minimum absolute atomic E-state index is 0.164. The first-order valence-corrected chi connectivity index (χ1v) is 6.79. The number of carbonyl (C=O) groups excluding carboxylic acids is 1. The van der Waals surface area contributed by atoms with Gasteiger partial charge in [-0.25, -0.2) is 4.39 Å². The molecular weight excluding hydrogens is 267 g/mol. The molecule has 0 heterocycles. The third-order valence-electron chi connectivity index (χ3n) is 3.41. The molecule has 3 nitrogen and oxygen atoms in total. The predicted molar refractivity (Wildman–Crippen MR) is 81.0 cm³/mol. The number of halogens is 1. The third kappa shape index (κ3) is 3.89. The number of hydrogen-bond acceptors (Lipinski definition) is 2. The van der Waals surface area contributed by atoms with Gasteiger partial charge in [-0.1, -0.05) is 42.0 Å². The molecule has 0 aliphatic carbocycles. The molecule has 0 aliphatic heterocycles. The summed E-state index contributed by atoms with van der Waals surface area (Å²) < 4.78 is 12.9. The van der Waals surface area contributed by atoms with Gasteiger partial charge in [-0.2, -0.15) is 0 Å². The summed E-state index contributed by atoms with van der Waals surface area (Å²) >= 11 is 0. The van der Waals surface area contributed by atoms with Crippen LogP contribution in [0.2, 0.25) is 0 Å². The van der Waals surface area contributed by atoms with E-state index in [2.05, 4.69) is 0 Å². The number of nitrogens with zero attached hydrogens (tertiary/aromatic N) is 1. The second-order valence-corrected chi connectivity index (χ2v) is 5.21. The predicted octanol–water partition coefficient (Wildman–Crippen LogP) is 2.79. The fourth-order valence-corrected chi connectivity index (χ4v) is 2.10. The molecule has 21 heavy (non-hydrogen) atoms. The highest BCUT2D eigenvalue weighted by molar-refractivity contribution is 5.82. The van der Waals surface area contributed by atoms with Crippen LogP contribution in [-0.4, -0.2) is 17.9 Å². The zero-order valence-corrected chi connectivity index (χ0v) is 12.2. The van der Waals surface area contributed by atoms with Crippen LogP contribution in [0.3, 0.4) is 0 Å². The minimum atomic E-state index is -0.684. The van der Waals surface area contributed by atoms with Crippen molar-refractivity contribution in [2.24, 2.45) is 5.73 Å². The Bertz CT molecular complexity index is 608. The zero-order chi connectivity index (χ0) is 15.4. The van der Waals surface area contributed by atoms with Crippen LogP contribution in [-0.2, 0) is 11.3 Å². The quantitative estimate of drug-likeness (QED) is 0.939. The summed E-state index contributed by atoms with van der Waals surface area (Å²) in [6.07, 6.45) is 0. The number of rotatable bonds is 4. The smallest absolute Gasteiger partial charge is 0.244 e. The molecule has 0 saturated carbocycles. The minimum Gasteiger partial charge on any atom is -0.340 e. The summed E-state index contributed by atoms with van der Waals surface area (Å²) in [5.74, 6) is -0.452. The summed E-state index contributed by atoms with van der Waals surface area (Å²) in [4.78, 5) is 13.9. The lowest BCUT2D eigenvalue weighted by Crippen LogP contribution is -2.35. The summed E-state index contributed by atoms with van der Waals surface area (Å²) in [5, 5.41) is 0. The summed E-state index contributed by atoms with van der Waals surface area (Å²) in [5.41, 5.74) is 8.79. The Kier molecular flexibility index (Phi) is 4.70. The SMILES string of the molecule is Cc1ccc(C(N)C(=O)N(C)Cc2ccc(F)cc2)cc1. The Hall–Kier alpha value is -2.20. The average Bonchev–Trinajstić information content (AvgIpc) is 2.49. The molecule has 0 aromatic heterocycles. The molecule has 110 valence electrons. The first-order valence-electron chi connectivity index (χ1n) is 6.79. The maximum atomic E-state index is 12.9. The van der Waals surface area contributed by atoms with E-state index in [9.17, 15) is 9.18 Å². The van der Waals surface area contributed by atoms with Crippen molar-refractivity contribution in [3.63, 3.8) is 0 Å². The molecule has 0 fully saturated rings. The van der Waals surface area contributed by atoms with Gasteiger partial charge >= 0.3 is 0 Å². The fraction of sp³-hybridized carbons (Fsp3) is 0.235. The van der Waals surface area contributed by atoms with E-state index in [1.165, 1.54) is 12.1 Å². The summed E-state index contributed by atoms with van der Waals surface area (Å²) in [7, 11) is 1.69. The van der Waals surface area contributed by atoms with Gasteiger partial charge in [0.15, 0.2) is 0 Å². The van der Waals surface area contributed by atoms with Crippen molar-refractivity contribution < 1.29 is 9.18 Å². The van der Waals surface area contributed by atoms with Gasteiger partial charge in [0.2, 0.25) is 5.91 Å². The van der Waals surface area contributed by atoms with Crippen LogP contribution in [0.4, 0.5) is 4.39 Å². The molecule has 0 radical (unpaired) electrons. The van der Waals surface area contributed by atoms with E-state index in [0.29, 0.717) is 6.54 Å². The van der Waals surface area contributed by atoms with Crippen LogP contribution in [0.1, 0.15) is 22.7 Å². The van der Waals surface area contributed by atoms with Gasteiger partial charge < -0.3 is 10.6 Å². The highest BCUT2D eigenvalue weighted by atomic mass is 19.1. The molecule has 0 spiro atoms. The molecule has 2 rings (SSSR count). The van der Waals surface area contributed by atoms with Crippen molar-refractivity contribution in [2.75, 3.05) is 7.05 Å². The molecule has 0 saturated heterocycles. The molecule has 0 aliphatic rings. The summed E-state index contributed by atoms with van der Waals surface area (Å²) in [6.45, 7) is 2.39. The van der Waals surface area contributed by atoms with Crippen LogP contribution >= 0.6 is 0 Å². The van der Waals surface area contributed by atoms with E-state index in [-0.39, 0.29) is 11.7 Å². The van der Waals surface area contributed by atoms with E-state index in [0.717, 1.165) is 16.7 Å². The Labute approximate surface area is 124 Å². The molecule has 0 bridgehead atoms. The topological polar surface area (TPSA) is 46.3 Å². The molecule has 1 unspecified atom stereocenters.